The van der Waals surface area contributed by atoms with Crippen molar-refractivity contribution in [3.05, 3.63) is 35.9 Å². The van der Waals surface area contributed by atoms with Gasteiger partial charge in [0.25, 0.3) is 5.91 Å². The average molecular weight is 300 g/mol. The Bertz CT molecular complexity index is 675. The second-order valence-corrected chi connectivity index (χ2v) is 5.41. The molecule has 0 aliphatic carbocycles. The number of benzene rings is 1. The lowest BCUT2D eigenvalue weighted by Crippen LogP contribution is -2.45. The molecule has 6 heteroatoms. The lowest BCUT2D eigenvalue weighted by Gasteiger charge is -2.22. The van der Waals surface area contributed by atoms with E-state index < -0.39 is 6.10 Å². The van der Waals surface area contributed by atoms with E-state index in [1.165, 1.54) is 0 Å². The van der Waals surface area contributed by atoms with Crippen LogP contribution >= 0.6 is 0 Å². The third-order valence-electron chi connectivity index (χ3n) is 3.77. The van der Waals surface area contributed by atoms with Crippen LogP contribution in [-0.2, 0) is 16.6 Å². The van der Waals surface area contributed by atoms with Gasteiger partial charge in [-0.25, -0.2) is 0 Å². The molecule has 1 aromatic carbocycles. The largest absolute Gasteiger partial charge is 0.366 e. The van der Waals surface area contributed by atoms with Crippen LogP contribution in [0.25, 0.3) is 11.3 Å². The van der Waals surface area contributed by atoms with Gasteiger partial charge in [0, 0.05) is 31.8 Å². The number of nitrogens with zero attached hydrogens (tertiary/aromatic N) is 2. The number of carbonyl (C=O) groups is 1. The first-order valence-electron chi connectivity index (χ1n) is 7.38. The van der Waals surface area contributed by atoms with Crippen molar-refractivity contribution in [2.45, 2.75) is 13.0 Å². The van der Waals surface area contributed by atoms with E-state index in [1.54, 1.807) is 4.68 Å². The highest BCUT2D eigenvalue weighted by molar-refractivity contribution is 5.94. The number of carbonyl (C=O) groups excluding carboxylic acids is 1. The van der Waals surface area contributed by atoms with E-state index in [9.17, 15) is 4.79 Å². The van der Waals surface area contributed by atoms with E-state index in [0.29, 0.717) is 19.0 Å². The van der Waals surface area contributed by atoms with Crippen molar-refractivity contribution in [1.82, 2.24) is 15.1 Å². The minimum Gasteiger partial charge on any atom is -0.366 e. The molecular weight excluding hydrogens is 280 g/mol. The van der Waals surface area contributed by atoms with Crippen molar-refractivity contribution in [3.63, 3.8) is 0 Å². The minimum absolute atomic E-state index is 0.147. The summed E-state index contributed by atoms with van der Waals surface area (Å²) in [5.74, 6) is 0.518. The van der Waals surface area contributed by atoms with E-state index in [2.05, 4.69) is 15.7 Å². The number of hydrogen-bond acceptors (Lipinski definition) is 4. The topological polar surface area (TPSA) is 68.2 Å². The highest BCUT2D eigenvalue weighted by Gasteiger charge is 2.23. The molecule has 22 heavy (non-hydrogen) atoms. The SMILES string of the molecule is Cc1ccccc1-c1cc(NC(=O)[C@H]2CNCCO2)n(C)n1. The summed E-state index contributed by atoms with van der Waals surface area (Å²) in [5.41, 5.74) is 3.06. The van der Waals surface area contributed by atoms with Crippen LogP contribution < -0.4 is 10.6 Å². The van der Waals surface area contributed by atoms with Crippen LogP contribution in [0.1, 0.15) is 5.56 Å². The Labute approximate surface area is 129 Å². The first-order valence-corrected chi connectivity index (χ1v) is 7.38. The van der Waals surface area contributed by atoms with Gasteiger partial charge in [-0.1, -0.05) is 24.3 Å². The van der Waals surface area contributed by atoms with Gasteiger partial charge in [-0.2, -0.15) is 5.10 Å². The summed E-state index contributed by atoms with van der Waals surface area (Å²) in [4.78, 5) is 12.2. The van der Waals surface area contributed by atoms with E-state index >= 15 is 0 Å². The van der Waals surface area contributed by atoms with Gasteiger partial charge in [0.2, 0.25) is 0 Å². The van der Waals surface area contributed by atoms with Gasteiger partial charge in [-0.15, -0.1) is 0 Å². The third kappa shape index (κ3) is 3.03. The maximum Gasteiger partial charge on any atom is 0.255 e. The van der Waals surface area contributed by atoms with Crippen LogP contribution in [0, 0.1) is 6.92 Å². The quantitative estimate of drug-likeness (QED) is 0.897. The number of morpholine rings is 1. The highest BCUT2D eigenvalue weighted by Crippen LogP contribution is 2.24. The molecular formula is C16H20N4O2. The number of amides is 1. The predicted octanol–water partition coefficient (Wildman–Crippen LogP) is 1.32. The van der Waals surface area contributed by atoms with Gasteiger partial charge < -0.3 is 15.4 Å². The molecule has 1 fully saturated rings. The maximum atomic E-state index is 12.2. The van der Waals surface area contributed by atoms with Gasteiger partial charge >= 0.3 is 0 Å². The van der Waals surface area contributed by atoms with E-state index in [-0.39, 0.29) is 5.91 Å². The van der Waals surface area contributed by atoms with Crippen molar-refractivity contribution in [1.29, 1.82) is 0 Å². The Balaban J connectivity index is 1.78. The summed E-state index contributed by atoms with van der Waals surface area (Å²) in [6.07, 6.45) is -0.453. The van der Waals surface area contributed by atoms with E-state index in [0.717, 1.165) is 23.4 Å². The van der Waals surface area contributed by atoms with Gasteiger partial charge in [0.15, 0.2) is 0 Å². The fourth-order valence-corrected chi connectivity index (χ4v) is 2.52. The predicted molar refractivity (Wildman–Crippen MR) is 84.6 cm³/mol. The zero-order valence-electron chi connectivity index (χ0n) is 12.8. The first-order chi connectivity index (χ1) is 10.6. The molecule has 0 unspecified atom stereocenters. The molecule has 1 aliphatic heterocycles. The monoisotopic (exact) mass is 300 g/mol. The van der Waals surface area contributed by atoms with Crippen LogP contribution in [0.3, 0.4) is 0 Å². The number of rotatable bonds is 3. The van der Waals surface area contributed by atoms with Crippen LogP contribution in [-0.4, -0.2) is 41.5 Å². The first kappa shape index (κ1) is 14.7. The number of ether oxygens (including phenoxy) is 1. The van der Waals surface area contributed by atoms with Crippen molar-refractivity contribution < 1.29 is 9.53 Å². The molecule has 1 aromatic heterocycles. The van der Waals surface area contributed by atoms with Gasteiger partial charge in [0.05, 0.1) is 12.3 Å². The van der Waals surface area contributed by atoms with Crippen LogP contribution in [0.5, 0.6) is 0 Å². The van der Waals surface area contributed by atoms with E-state index in [1.807, 2.05) is 44.3 Å². The molecule has 116 valence electrons. The fraction of sp³-hybridized carbons (Fsp3) is 0.375. The van der Waals surface area contributed by atoms with Crippen molar-refractivity contribution >= 4 is 11.7 Å². The molecule has 6 nitrogen and oxygen atoms in total. The molecule has 2 heterocycles. The molecule has 0 saturated carbocycles. The number of aryl methyl sites for hydroxylation is 2. The molecule has 0 radical (unpaired) electrons. The minimum atomic E-state index is -0.453. The Hall–Kier alpha value is -2.18. The summed E-state index contributed by atoms with van der Waals surface area (Å²) in [6.45, 7) is 3.92. The number of anilines is 1. The zero-order chi connectivity index (χ0) is 15.5. The number of hydrogen-bond donors (Lipinski definition) is 2. The van der Waals surface area contributed by atoms with Crippen LogP contribution in [0.15, 0.2) is 30.3 Å². The van der Waals surface area contributed by atoms with E-state index in [4.69, 9.17) is 4.74 Å². The highest BCUT2D eigenvalue weighted by atomic mass is 16.5. The molecule has 0 bridgehead atoms. The van der Waals surface area contributed by atoms with Gasteiger partial charge in [-0.3, -0.25) is 9.48 Å². The summed E-state index contributed by atoms with van der Waals surface area (Å²) in [5, 5.41) is 10.5. The number of nitrogens with one attached hydrogen (secondary N) is 2. The molecule has 1 aliphatic rings. The molecule has 2 aromatic rings. The van der Waals surface area contributed by atoms with Gasteiger partial charge in [0.1, 0.15) is 11.9 Å². The standard InChI is InChI=1S/C16H20N4O2/c1-11-5-3-4-6-12(11)13-9-15(20(2)19-13)18-16(21)14-10-17-7-8-22-14/h3-6,9,14,17H,7-8,10H2,1-2H3,(H,18,21)/t14-/m1/s1. The Morgan fingerprint density at radius 2 is 2.27 bits per heavy atom. The van der Waals surface area contributed by atoms with Crippen LogP contribution in [0.4, 0.5) is 5.82 Å². The molecule has 1 atom stereocenters. The van der Waals surface area contributed by atoms with Gasteiger partial charge in [-0.05, 0) is 12.5 Å². The summed E-state index contributed by atoms with van der Waals surface area (Å²) in [7, 11) is 1.82. The average Bonchev–Trinajstić information content (AvgIpc) is 2.89. The smallest absolute Gasteiger partial charge is 0.255 e. The second-order valence-electron chi connectivity index (χ2n) is 5.41. The lowest BCUT2D eigenvalue weighted by atomic mass is 10.1. The summed E-state index contributed by atoms with van der Waals surface area (Å²) >= 11 is 0. The molecule has 1 saturated heterocycles. The summed E-state index contributed by atoms with van der Waals surface area (Å²) in [6, 6.07) is 9.94. The molecule has 2 N–H and O–H groups in total. The van der Waals surface area contributed by atoms with Crippen molar-refractivity contribution in [2.75, 3.05) is 25.0 Å². The molecule has 3 rings (SSSR count). The van der Waals surface area contributed by atoms with Crippen molar-refractivity contribution in [3.8, 4) is 11.3 Å². The third-order valence-corrected chi connectivity index (χ3v) is 3.77. The second kappa shape index (κ2) is 6.29. The Kier molecular flexibility index (Phi) is 4.22. The summed E-state index contributed by atoms with van der Waals surface area (Å²) < 4.78 is 7.13. The normalized spacial score (nSPS) is 18.2. The molecule has 1 amide bonds. The maximum absolute atomic E-state index is 12.2. The Morgan fingerprint density at radius 1 is 1.45 bits per heavy atom. The van der Waals surface area contributed by atoms with Crippen molar-refractivity contribution in [2.24, 2.45) is 7.05 Å². The molecule has 0 spiro atoms. The lowest BCUT2D eigenvalue weighted by molar-refractivity contribution is -0.128. The van der Waals surface area contributed by atoms with Crippen LogP contribution in [0.2, 0.25) is 0 Å². The Morgan fingerprint density at radius 3 is 3.00 bits per heavy atom. The fourth-order valence-electron chi connectivity index (χ4n) is 2.52. The zero-order valence-corrected chi connectivity index (χ0v) is 12.8. The number of aromatic nitrogens is 2.